The summed E-state index contributed by atoms with van der Waals surface area (Å²) in [5.41, 5.74) is 0.913. The van der Waals surface area contributed by atoms with E-state index in [2.05, 4.69) is 10.3 Å². The van der Waals surface area contributed by atoms with Gasteiger partial charge in [-0.15, -0.1) is 0 Å². The van der Waals surface area contributed by atoms with Crippen molar-refractivity contribution in [3.8, 4) is 5.75 Å². The fourth-order valence-corrected chi connectivity index (χ4v) is 2.29. The molecule has 2 rings (SSSR count). The summed E-state index contributed by atoms with van der Waals surface area (Å²) in [7, 11) is -3.65. The Morgan fingerprint density at radius 3 is 2.57 bits per heavy atom. The molecule has 0 aliphatic carbocycles. The number of benzene rings is 1. The van der Waals surface area contributed by atoms with Gasteiger partial charge in [0.15, 0.2) is 11.6 Å². The van der Waals surface area contributed by atoms with Gasteiger partial charge in [-0.1, -0.05) is 12.1 Å². The second-order valence-electron chi connectivity index (χ2n) is 4.33. The first-order chi connectivity index (χ1) is 10.0. The molecule has 1 aromatic heterocycles. The molecule has 0 bridgehead atoms. The topological polar surface area (TPSA) is 94.3 Å². The molecule has 0 aliphatic rings. The van der Waals surface area contributed by atoms with Crippen molar-refractivity contribution in [3.63, 3.8) is 0 Å². The van der Waals surface area contributed by atoms with E-state index in [1.54, 1.807) is 24.4 Å². The lowest BCUT2D eigenvalue weighted by Crippen LogP contribution is -2.12. The van der Waals surface area contributed by atoms with Crippen LogP contribution in [0, 0.1) is 0 Å². The average molecular weight is 307 g/mol. The van der Waals surface area contributed by atoms with Crippen molar-refractivity contribution in [1.29, 1.82) is 0 Å². The number of nitrogens with two attached hydrogens (primary N) is 1. The van der Waals surface area contributed by atoms with Crippen molar-refractivity contribution in [2.24, 2.45) is 5.14 Å². The maximum atomic E-state index is 11.2. The van der Waals surface area contributed by atoms with Gasteiger partial charge in [0.25, 0.3) is 0 Å². The van der Waals surface area contributed by atoms with Crippen molar-refractivity contribution in [2.75, 3.05) is 11.9 Å². The molecule has 0 spiro atoms. The number of anilines is 1. The van der Waals surface area contributed by atoms with Crippen LogP contribution in [-0.2, 0) is 16.6 Å². The van der Waals surface area contributed by atoms with Crippen molar-refractivity contribution < 1.29 is 13.2 Å². The van der Waals surface area contributed by atoms with E-state index < -0.39 is 10.0 Å². The van der Waals surface area contributed by atoms with Crippen molar-refractivity contribution in [2.45, 2.75) is 18.4 Å². The van der Waals surface area contributed by atoms with Crippen LogP contribution < -0.4 is 15.2 Å². The fourth-order valence-electron chi connectivity index (χ4n) is 1.78. The lowest BCUT2D eigenvalue weighted by Gasteiger charge is -2.11. The molecule has 0 radical (unpaired) electrons. The minimum atomic E-state index is -3.65. The number of nitrogens with zero attached hydrogens (tertiary/aromatic N) is 1. The predicted molar refractivity (Wildman–Crippen MR) is 80.5 cm³/mol. The minimum Gasteiger partial charge on any atom is -0.490 e. The molecule has 2 aromatic rings. The smallest absolute Gasteiger partial charge is 0.238 e. The summed E-state index contributed by atoms with van der Waals surface area (Å²) in [5.74, 6) is 1.33. The van der Waals surface area contributed by atoms with Gasteiger partial charge in [0, 0.05) is 12.7 Å². The van der Waals surface area contributed by atoms with Gasteiger partial charge in [-0.05, 0) is 36.8 Å². The van der Waals surface area contributed by atoms with Gasteiger partial charge in [-0.3, -0.25) is 0 Å². The zero-order valence-electron chi connectivity index (χ0n) is 11.6. The lowest BCUT2D eigenvalue weighted by atomic mass is 10.2. The first-order valence-corrected chi connectivity index (χ1v) is 7.99. The highest BCUT2D eigenvalue weighted by molar-refractivity contribution is 7.89. The number of aromatic nitrogens is 1. The third-order valence-corrected chi connectivity index (χ3v) is 3.71. The number of primary sulfonamides is 1. The molecule has 1 heterocycles. The Hall–Kier alpha value is -2.12. The minimum absolute atomic E-state index is 0.0964. The first kappa shape index (κ1) is 15.3. The van der Waals surface area contributed by atoms with E-state index in [1.807, 2.05) is 13.0 Å². The molecule has 0 fully saturated rings. The highest BCUT2D eigenvalue weighted by Gasteiger charge is 2.07. The van der Waals surface area contributed by atoms with Gasteiger partial charge in [0.2, 0.25) is 10.0 Å². The molecule has 7 heteroatoms. The van der Waals surface area contributed by atoms with Gasteiger partial charge < -0.3 is 10.1 Å². The Bertz CT molecular complexity index is 700. The quantitative estimate of drug-likeness (QED) is 0.847. The first-order valence-electron chi connectivity index (χ1n) is 6.44. The number of sulfonamides is 1. The largest absolute Gasteiger partial charge is 0.490 e. The third kappa shape index (κ3) is 4.17. The van der Waals surface area contributed by atoms with Crippen LogP contribution in [0.1, 0.15) is 12.5 Å². The molecule has 3 N–H and O–H groups in total. The van der Waals surface area contributed by atoms with Gasteiger partial charge in [-0.2, -0.15) is 0 Å². The van der Waals surface area contributed by atoms with Gasteiger partial charge in [-0.25, -0.2) is 18.5 Å². The van der Waals surface area contributed by atoms with Gasteiger partial charge >= 0.3 is 0 Å². The zero-order chi connectivity index (χ0) is 15.3. The number of pyridine rings is 1. The fraction of sp³-hybridized carbons (Fsp3) is 0.214. The molecule has 112 valence electrons. The van der Waals surface area contributed by atoms with Crippen LogP contribution >= 0.6 is 0 Å². The van der Waals surface area contributed by atoms with Crippen molar-refractivity contribution >= 4 is 15.8 Å². The normalized spacial score (nSPS) is 11.1. The van der Waals surface area contributed by atoms with Crippen molar-refractivity contribution in [1.82, 2.24) is 4.98 Å². The molecular weight excluding hydrogens is 290 g/mol. The summed E-state index contributed by atoms with van der Waals surface area (Å²) < 4.78 is 27.8. The summed E-state index contributed by atoms with van der Waals surface area (Å²) in [6.07, 6.45) is 1.68. The van der Waals surface area contributed by atoms with E-state index in [1.165, 1.54) is 12.1 Å². The molecular formula is C14H17N3O3S. The van der Waals surface area contributed by atoms with E-state index >= 15 is 0 Å². The molecule has 21 heavy (non-hydrogen) atoms. The second-order valence-corrected chi connectivity index (χ2v) is 5.89. The summed E-state index contributed by atoms with van der Waals surface area (Å²) in [4.78, 5) is 4.31. The van der Waals surface area contributed by atoms with E-state index in [4.69, 9.17) is 9.88 Å². The van der Waals surface area contributed by atoms with Crippen molar-refractivity contribution in [3.05, 3.63) is 48.2 Å². The SMILES string of the molecule is CCOc1cccnc1NCc1ccc(S(N)(=O)=O)cc1. The van der Waals surface area contributed by atoms with Gasteiger partial charge in [0.1, 0.15) is 0 Å². The van der Waals surface area contributed by atoms with E-state index in [9.17, 15) is 8.42 Å². The highest BCUT2D eigenvalue weighted by Crippen LogP contribution is 2.21. The van der Waals surface area contributed by atoms with E-state index in [0.29, 0.717) is 24.7 Å². The Labute approximate surface area is 124 Å². The second kappa shape index (κ2) is 6.55. The number of hydrogen-bond acceptors (Lipinski definition) is 5. The highest BCUT2D eigenvalue weighted by atomic mass is 32.2. The maximum absolute atomic E-state index is 11.2. The van der Waals surface area contributed by atoms with Crippen LogP contribution in [-0.4, -0.2) is 20.0 Å². The maximum Gasteiger partial charge on any atom is 0.238 e. The summed E-state index contributed by atoms with van der Waals surface area (Å²) in [6, 6.07) is 10.0. The summed E-state index contributed by atoms with van der Waals surface area (Å²) >= 11 is 0. The summed E-state index contributed by atoms with van der Waals surface area (Å²) in [6.45, 7) is 2.97. The Balaban J connectivity index is 2.07. The molecule has 0 saturated carbocycles. The van der Waals surface area contributed by atoms with Gasteiger partial charge in [0.05, 0.1) is 11.5 Å². The predicted octanol–water partition coefficient (Wildman–Crippen LogP) is 1.74. The molecule has 0 amide bonds. The molecule has 1 aromatic carbocycles. The Morgan fingerprint density at radius 2 is 1.95 bits per heavy atom. The third-order valence-electron chi connectivity index (χ3n) is 2.78. The van der Waals surface area contributed by atoms with Crippen LogP contribution in [0.15, 0.2) is 47.5 Å². The molecule has 6 nitrogen and oxygen atoms in total. The van der Waals surface area contributed by atoms with E-state index in [-0.39, 0.29) is 4.90 Å². The van der Waals surface area contributed by atoms with Crippen LogP contribution in [0.2, 0.25) is 0 Å². The number of hydrogen-bond donors (Lipinski definition) is 2. The summed E-state index contributed by atoms with van der Waals surface area (Å²) in [5, 5.41) is 8.21. The molecule has 0 saturated heterocycles. The molecule has 0 aliphatic heterocycles. The average Bonchev–Trinajstić information content (AvgIpc) is 2.46. The Kier molecular flexibility index (Phi) is 4.77. The number of rotatable bonds is 6. The van der Waals surface area contributed by atoms with Crippen LogP contribution in [0.25, 0.3) is 0 Å². The monoisotopic (exact) mass is 307 g/mol. The standard InChI is InChI=1S/C14H17N3O3S/c1-2-20-13-4-3-9-16-14(13)17-10-11-5-7-12(8-6-11)21(15,18)19/h3-9H,2,10H2,1H3,(H,16,17)(H2,15,18,19). The zero-order valence-corrected chi connectivity index (χ0v) is 12.4. The molecule has 0 unspecified atom stereocenters. The van der Waals surface area contributed by atoms with Crippen LogP contribution in [0.3, 0.4) is 0 Å². The van der Waals surface area contributed by atoms with Crippen LogP contribution in [0.4, 0.5) is 5.82 Å². The van der Waals surface area contributed by atoms with Crippen LogP contribution in [0.5, 0.6) is 5.75 Å². The lowest BCUT2D eigenvalue weighted by molar-refractivity contribution is 0.340. The Morgan fingerprint density at radius 1 is 1.24 bits per heavy atom. The molecule has 0 atom stereocenters. The number of ether oxygens (including phenoxy) is 1. The van der Waals surface area contributed by atoms with E-state index in [0.717, 1.165) is 5.56 Å². The number of nitrogens with one attached hydrogen (secondary N) is 1.